The molecule has 20 heavy (non-hydrogen) atoms. The second kappa shape index (κ2) is 5.87. The van der Waals surface area contributed by atoms with Crippen molar-refractivity contribution in [1.82, 2.24) is 14.8 Å². The van der Waals surface area contributed by atoms with Gasteiger partial charge in [-0.05, 0) is 54.8 Å². The lowest BCUT2D eigenvalue weighted by Gasteiger charge is -2.07. The topological polar surface area (TPSA) is 47.8 Å². The summed E-state index contributed by atoms with van der Waals surface area (Å²) < 4.78 is 2.78. The van der Waals surface area contributed by atoms with Crippen molar-refractivity contribution in [3.05, 3.63) is 44.9 Å². The Hall–Kier alpha value is -1.49. The molecule has 0 aliphatic heterocycles. The number of halogens is 1. The fourth-order valence-electron chi connectivity index (χ4n) is 2.28. The van der Waals surface area contributed by atoms with E-state index in [4.69, 9.17) is 0 Å². The molecule has 5 heteroatoms. The van der Waals surface area contributed by atoms with Crippen molar-refractivity contribution in [2.45, 2.75) is 40.7 Å². The van der Waals surface area contributed by atoms with E-state index in [-0.39, 0.29) is 5.78 Å². The van der Waals surface area contributed by atoms with Crippen molar-refractivity contribution >= 4 is 21.7 Å². The van der Waals surface area contributed by atoms with Crippen molar-refractivity contribution in [2.24, 2.45) is 0 Å². The molecule has 0 amide bonds. The van der Waals surface area contributed by atoms with Crippen LogP contribution in [0.1, 0.15) is 39.9 Å². The molecule has 2 rings (SSSR count). The number of aromatic nitrogens is 3. The van der Waals surface area contributed by atoms with Crippen LogP contribution in [0, 0.1) is 20.8 Å². The summed E-state index contributed by atoms with van der Waals surface area (Å²) in [5.74, 6) is 0.0257. The molecule has 0 spiro atoms. The largest absolute Gasteiger partial charge is 0.292 e. The quantitative estimate of drug-likeness (QED) is 0.804. The SMILES string of the molecule is CCn1nc(C)c(Br)c1CC(=O)c1ncc(C)cc1C. The Morgan fingerprint density at radius 3 is 2.65 bits per heavy atom. The first-order valence-electron chi connectivity index (χ1n) is 6.62. The molecule has 2 aromatic rings. The number of carbonyl (C=O) groups excluding carboxylic acids is 1. The maximum atomic E-state index is 12.5. The van der Waals surface area contributed by atoms with Gasteiger partial charge in [0, 0.05) is 12.7 Å². The highest BCUT2D eigenvalue weighted by atomic mass is 79.9. The number of hydrogen-bond acceptors (Lipinski definition) is 3. The maximum absolute atomic E-state index is 12.5. The maximum Gasteiger partial charge on any atom is 0.187 e. The summed E-state index contributed by atoms with van der Waals surface area (Å²) in [4.78, 5) is 16.7. The number of carbonyl (C=O) groups is 1. The molecule has 0 aromatic carbocycles. The van der Waals surface area contributed by atoms with Crippen LogP contribution < -0.4 is 0 Å². The van der Waals surface area contributed by atoms with Gasteiger partial charge >= 0.3 is 0 Å². The predicted molar refractivity (Wildman–Crippen MR) is 82.1 cm³/mol. The van der Waals surface area contributed by atoms with Crippen LogP contribution >= 0.6 is 15.9 Å². The monoisotopic (exact) mass is 335 g/mol. The number of Topliss-reactive ketones (excluding diaryl/α,β-unsaturated/α-hetero) is 1. The van der Waals surface area contributed by atoms with Gasteiger partial charge in [-0.2, -0.15) is 5.10 Å². The summed E-state index contributed by atoms with van der Waals surface area (Å²) in [5.41, 5.74) is 4.35. The standard InChI is InChI=1S/C15H18BrN3O/c1-5-19-12(14(16)11(4)18-19)7-13(20)15-10(3)6-9(2)8-17-15/h6,8H,5,7H2,1-4H3. The Balaban J connectivity index is 2.32. The van der Waals surface area contributed by atoms with Gasteiger partial charge in [-0.25, -0.2) is 0 Å². The van der Waals surface area contributed by atoms with Gasteiger partial charge in [0.2, 0.25) is 0 Å². The molecule has 2 aromatic heterocycles. The number of rotatable bonds is 4. The van der Waals surface area contributed by atoms with Gasteiger partial charge in [-0.1, -0.05) is 6.07 Å². The molecule has 0 saturated heterocycles. The Labute approximate surface area is 127 Å². The first kappa shape index (κ1) is 14.9. The molecule has 0 aliphatic rings. The van der Waals surface area contributed by atoms with Gasteiger partial charge in [0.1, 0.15) is 5.69 Å². The van der Waals surface area contributed by atoms with E-state index in [0.717, 1.165) is 33.5 Å². The number of aryl methyl sites for hydroxylation is 4. The Morgan fingerprint density at radius 2 is 2.05 bits per heavy atom. The summed E-state index contributed by atoms with van der Waals surface area (Å²) in [6.07, 6.45) is 2.05. The summed E-state index contributed by atoms with van der Waals surface area (Å²) in [7, 11) is 0. The van der Waals surface area contributed by atoms with E-state index >= 15 is 0 Å². The van der Waals surface area contributed by atoms with Crippen LogP contribution in [-0.4, -0.2) is 20.5 Å². The van der Waals surface area contributed by atoms with Crippen LogP contribution in [0.5, 0.6) is 0 Å². The molecule has 0 radical (unpaired) electrons. The molecule has 0 unspecified atom stereocenters. The minimum atomic E-state index is 0.0257. The Morgan fingerprint density at radius 1 is 1.35 bits per heavy atom. The number of pyridine rings is 1. The van der Waals surface area contributed by atoms with E-state index < -0.39 is 0 Å². The molecule has 0 fully saturated rings. The van der Waals surface area contributed by atoms with Crippen LogP contribution in [0.3, 0.4) is 0 Å². The van der Waals surface area contributed by atoms with Gasteiger partial charge in [0.15, 0.2) is 5.78 Å². The highest BCUT2D eigenvalue weighted by Crippen LogP contribution is 2.23. The van der Waals surface area contributed by atoms with Crippen LogP contribution in [0.2, 0.25) is 0 Å². The van der Waals surface area contributed by atoms with Gasteiger partial charge in [-0.15, -0.1) is 0 Å². The molecule has 0 atom stereocenters. The van der Waals surface area contributed by atoms with Crippen LogP contribution in [0.4, 0.5) is 0 Å². The van der Waals surface area contributed by atoms with Gasteiger partial charge in [0.25, 0.3) is 0 Å². The molecule has 2 heterocycles. The van der Waals surface area contributed by atoms with E-state index in [0.29, 0.717) is 12.1 Å². The molecular weight excluding hydrogens is 318 g/mol. The predicted octanol–water partition coefficient (Wildman–Crippen LogP) is 3.41. The molecule has 0 aliphatic carbocycles. The first-order valence-corrected chi connectivity index (χ1v) is 7.41. The summed E-state index contributed by atoms with van der Waals surface area (Å²) >= 11 is 3.52. The van der Waals surface area contributed by atoms with E-state index in [1.807, 2.05) is 38.4 Å². The smallest absolute Gasteiger partial charge is 0.187 e. The third-order valence-electron chi connectivity index (χ3n) is 3.26. The van der Waals surface area contributed by atoms with Crippen molar-refractivity contribution < 1.29 is 4.79 Å². The van der Waals surface area contributed by atoms with Crippen molar-refractivity contribution in [3.8, 4) is 0 Å². The first-order chi connectivity index (χ1) is 9.43. The van der Waals surface area contributed by atoms with Crippen molar-refractivity contribution in [3.63, 3.8) is 0 Å². The van der Waals surface area contributed by atoms with E-state index in [1.54, 1.807) is 6.20 Å². The zero-order valence-corrected chi connectivity index (χ0v) is 13.8. The van der Waals surface area contributed by atoms with Gasteiger partial charge in [0.05, 0.1) is 22.3 Å². The minimum absolute atomic E-state index is 0.0257. The zero-order valence-electron chi connectivity index (χ0n) is 12.2. The molecular formula is C15H18BrN3O. The van der Waals surface area contributed by atoms with Crippen LogP contribution in [0.15, 0.2) is 16.7 Å². The van der Waals surface area contributed by atoms with Gasteiger partial charge < -0.3 is 0 Å². The lowest BCUT2D eigenvalue weighted by atomic mass is 10.1. The Kier molecular flexibility index (Phi) is 4.38. The number of ketones is 1. The molecule has 0 N–H and O–H groups in total. The van der Waals surface area contributed by atoms with Crippen LogP contribution in [0.25, 0.3) is 0 Å². The average molecular weight is 336 g/mol. The normalized spacial score (nSPS) is 10.8. The second-order valence-corrected chi connectivity index (χ2v) is 5.73. The lowest BCUT2D eigenvalue weighted by molar-refractivity contribution is 0.0985. The van der Waals surface area contributed by atoms with Crippen molar-refractivity contribution in [1.29, 1.82) is 0 Å². The minimum Gasteiger partial charge on any atom is -0.292 e. The lowest BCUT2D eigenvalue weighted by Crippen LogP contribution is -2.12. The molecule has 0 bridgehead atoms. The van der Waals surface area contributed by atoms with E-state index in [2.05, 4.69) is 26.0 Å². The highest BCUT2D eigenvalue weighted by molar-refractivity contribution is 9.10. The third kappa shape index (κ3) is 2.82. The highest BCUT2D eigenvalue weighted by Gasteiger charge is 2.18. The van der Waals surface area contributed by atoms with E-state index in [1.165, 1.54) is 0 Å². The van der Waals surface area contributed by atoms with Crippen LogP contribution in [-0.2, 0) is 13.0 Å². The number of nitrogens with zero attached hydrogens (tertiary/aromatic N) is 3. The molecule has 4 nitrogen and oxygen atoms in total. The van der Waals surface area contributed by atoms with E-state index in [9.17, 15) is 4.79 Å². The zero-order chi connectivity index (χ0) is 14.9. The summed E-state index contributed by atoms with van der Waals surface area (Å²) in [6, 6.07) is 1.98. The molecule has 0 saturated carbocycles. The fourth-order valence-corrected chi connectivity index (χ4v) is 2.71. The number of hydrogen-bond donors (Lipinski definition) is 0. The second-order valence-electron chi connectivity index (χ2n) is 4.94. The third-order valence-corrected chi connectivity index (χ3v) is 4.29. The van der Waals surface area contributed by atoms with Crippen molar-refractivity contribution in [2.75, 3.05) is 0 Å². The fraction of sp³-hybridized carbons (Fsp3) is 0.400. The summed E-state index contributed by atoms with van der Waals surface area (Å²) in [5, 5.41) is 4.41. The molecule has 106 valence electrons. The van der Waals surface area contributed by atoms with Gasteiger partial charge in [-0.3, -0.25) is 14.5 Å². The average Bonchev–Trinajstić information content (AvgIpc) is 2.66. The Bertz CT molecular complexity index is 661. The summed E-state index contributed by atoms with van der Waals surface area (Å²) in [6.45, 7) is 8.59.